The van der Waals surface area contributed by atoms with Crippen molar-refractivity contribution in [1.82, 2.24) is 15.3 Å². The van der Waals surface area contributed by atoms with Crippen molar-refractivity contribution in [1.29, 1.82) is 0 Å². The van der Waals surface area contributed by atoms with E-state index in [9.17, 15) is 0 Å². The highest BCUT2D eigenvalue weighted by Crippen LogP contribution is 2.25. The van der Waals surface area contributed by atoms with Crippen LogP contribution in [0.25, 0.3) is 0 Å². The molecule has 2 heterocycles. The number of rotatable bonds is 5. The zero-order valence-electron chi connectivity index (χ0n) is 12.6. The van der Waals surface area contributed by atoms with E-state index in [2.05, 4.69) is 41.4 Å². The summed E-state index contributed by atoms with van der Waals surface area (Å²) in [5.74, 6) is 1.90. The van der Waals surface area contributed by atoms with Gasteiger partial charge in [-0.05, 0) is 18.8 Å². The molecule has 4 nitrogen and oxygen atoms in total. The van der Waals surface area contributed by atoms with Crippen LogP contribution in [0.3, 0.4) is 0 Å². The molecule has 0 fully saturated rings. The van der Waals surface area contributed by atoms with Gasteiger partial charge in [-0.25, -0.2) is 9.97 Å². The third-order valence-corrected chi connectivity index (χ3v) is 3.71. The molecule has 19 heavy (non-hydrogen) atoms. The van der Waals surface area contributed by atoms with Gasteiger partial charge in [0.25, 0.3) is 0 Å². The predicted molar refractivity (Wildman–Crippen MR) is 79.4 cm³/mol. The van der Waals surface area contributed by atoms with Crippen molar-refractivity contribution in [2.45, 2.75) is 53.5 Å². The second-order valence-electron chi connectivity index (χ2n) is 6.24. The van der Waals surface area contributed by atoms with Crippen molar-refractivity contribution >= 4 is 5.82 Å². The van der Waals surface area contributed by atoms with Gasteiger partial charge in [0, 0.05) is 31.6 Å². The first kappa shape index (κ1) is 14.3. The molecule has 0 spiro atoms. The van der Waals surface area contributed by atoms with E-state index in [4.69, 9.17) is 0 Å². The third-order valence-electron chi connectivity index (χ3n) is 3.71. The average molecular weight is 262 g/mol. The molecule has 1 aromatic heterocycles. The van der Waals surface area contributed by atoms with Crippen LogP contribution in [0.1, 0.15) is 50.7 Å². The molecule has 106 valence electrons. The van der Waals surface area contributed by atoms with Gasteiger partial charge in [0.2, 0.25) is 0 Å². The molecule has 0 aliphatic carbocycles. The Morgan fingerprint density at radius 1 is 1.32 bits per heavy atom. The minimum atomic E-state index is 0.308. The fourth-order valence-corrected chi connectivity index (χ4v) is 2.70. The topological polar surface area (TPSA) is 49.8 Å². The van der Waals surface area contributed by atoms with Crippen LogP contribution in [0.5, 0.6) is 0 Å². The molecule has 2 rings (SSSR count). The summed E-state index contributed by atoms with van der Waals surface area (Å²) in [6.07, 6.45) is 3.45. The highest BCUT2D eigenvalue weighted by Gasteiger charge is 2.20. The van der Waals surface area contributed by atoms with Gasteiger partial charge in [0.1, 0.15) is 11.6 Å². The number of fused-ring (bicyclic) bond motifs is 1. The van der Waals surface area contributed by atoms with Crippen LogP contribution in [0, 0.1) is 12.3 Å². The van der Waals surface area contributed by atoms with Gasteiger partial charge >= 0.3 is 0 Å². The van der Waals surface area contributed by atoms with E-state index >= 15 is 0 Å². The van der Waals surface area contributed by atoms with Crippen LogP contribution in [0.15, 0.2) is 0 Å². The quantitative estimate of drug-likeness (QED) is 0.856. The van der Waals surface area contributed by atoms with Crippen molar-refractivity contribution in [3.63, 3.8) is 0 Å². The molecule has 0 bridgehead atoms. The lowest BCUT2D eigenvalue weighted by Crippen LogP contribution is -2.29. The SMILES string of the molecule is CCCC(C)(C)CNc1nc(C)nc2c1CNCC2. The van der Waals surface area contributed by atoms with Gasteiger partial charge in [-0.1, -0.05) is 27.2 Å². The monoisotopic (exact) mass is 262 g/mol. The van der Waals surface area contributed by atoms with Gasteiger partial charge < -0.3 is 10.6 Å². The number of aryl methyl sites for hydroxylation is 1. The fraction of sp³-hybridized carbons (Fsp3) is 0.733. The maximum Gasteiger partial charge on any atom is 0.134 e. The molecular weight excluding hydrogens is 236 g/mol. The maximum atomic E-state index is 4.59. The zero-order valence-corrected chi connectivity index (χ0v) is 12.6. The van der Waals surface area contributed by atoms with Crippen LogP contribution >= 0.6 is 0 Å². The lowest BCUT2D eigenvalue weighted by Gasteiger charge is -2.26. The lowest BCUT2D eigenvalue weighted by molar-refractivity contribution is 0.354. The van der Waals surface area contributed by atoms with E-state index in [1.807, 2.05) is 6.92 Å². The number of aromatic nitrogens is 2. The normalized spacial score (nSPS) is 15.2. The molecule has 0 atom stereocenters. The third kappa shape index (κ3) is 3.66. The molecule has 2 N–H and O–H groups in total. The van der Waals surface area contributed by atoms with Crippen LogP contribution in [0.2, 0.25) is 0 Å². The average Bonchev–Trinajstić information content (AvgIpc) is 2.36. The summed E-state index contributed by atoms with van der Waals surface area (Å²) < 4.78 is 0. The summed E-state index contributed by atoms with van der Waals surface area (Å²) >= 11 is 0. The first-order valence-electron chi connectivity index (χ1n) is 7.33. The van der Waals surface area contributed by atoms with Gasteiger partial charge in [0.15, 0.2) is 0 Å². The Morgan fingerprint density at radius 3 is 2.84 bits per heavy atom. The maximum absolute atomic E-state index is 4.59. The van der Waals surface area contributed by atoms with Gasteiger partial charge in [-0.3, -0.25) is 0 Å². The van der Waals surface area contributed by atoms with E-state index in [0.29, 0.717) is 5.41 Å². The molecule has 4 heteroatoms. The molecule has 0 saturated heterocycles. The Labute approximate surface area is 116 Å². The van der Waals surface area contributed by atoms with E-state index in [0.717, 1.165) is 37.7 Å². The molecule has 0 amide bonds. The first-order valence-corrected chi connectivity index (χ1v) is 7.33. The van der Waals surface area contributed by atoms with E-state index in [1.165, 1.54) is 24.1 Å². The number of hydrogen-bond acceptors (Lipinski definition) is 4. The summed E-state index contributed by atoms with van der Waals surface area (Å²) in [6.45, 7) is 11.7. The molecule has 1 aliphatic rings. The van der Waals surface area contributed by atoms with Gasteiger partial charge in [0.05, 0.1) is 5.69 Å². The summed E-state index contributed by atoms with van der Waals surface area (Å²) in [5.41, 5.74) is 2.77. The highest BCUT2D eigenvalue weighted by atomic mass is 15.1. The Bertz CT molecular complexity index is 440. The van der Waals surface area contributed by atoms with E-state index < -0.39 is 0 Å². The number of anilines is 1. The minimum Gasteiger partial charge on any atom is -0.369 e. The van der Waals surface area contributed by atoms with Crippen molar-refractivity contribution in [3.05, 3.63) is 17.1 Å². The summed E-state index contributed by atoms with van der Waals surface area (Å²) in [7, 11) is 0. The van der Waals surface area contributed by atoms with Gasteiger partial charge in [-0.15, -0.1) is 0 Å². The van der Waals surface area contributed by atoms with E-state index in [1.54, 1.807) is 0 Å². The molecule has 0 unspecified atom stereocenters. The van der Waals surface area contributed by atoms with Crippen LogP contribution in [-0.2, 0) is 13.0 Å². The van der Waals surface area contributed by atoms with Crippen molar-refractivity contribution in [3.8, 4) is 0 Å². The van der Waals surface area contributed by atoms with Crippen LogP contribution in [-0.4, -0.2) is 23.1 Å². The predicted octanol–water partition coefficient (Wildman–Crippen LogP) is 2.67. The van der Waals surface area contributed by atoms with Gasteiger partial charge in [-0.2, -0.15) is 0 Å². The molecule has 0 aromatic carbocycles. The Hall–Kier alpha value is -1.16. The Morgan fingerprint density at radius 2 is 2.11 bits per heavy atom. The summed E-state index contributed by atoms with van der Waals surface area (Å²) in [5, 5.41) is 6.95. The number of nitrogens with zero attached hydrogens (tertiary/aromatic N) is 2. The standard InChI is InChI=1S/C15H26N4/c1-5-7-15(3,4)10-17-14-12-9-16-8-6-13(12)18-11(2)19-14/h16H,5-10H2,1-4H3,(H,17,18,19). The Balaban J connectivity index is 2.14. The number of nitrogens with one attached hydrogen (secondary N) is 2. The second kappa shape index (κ2) is 5.87. The fourth-order valence-electron chi connectivity index (χ4n) is 2.70. The van der Waals surface area contributed by atoms with Crippen LogP contribution < -0.4 is 10.6 Å². The largest absolute Gasteiger partial charge is 0.369 e. The molecule has 0 saturated carbocycles. The smallest absolute Gasteiger partial charge is 0.134 e. The van der Waals surface area contributed by atoms with Crippen molar-refractivity contribution < 1.29 is 0 Å². The summed E-state index contributed by atoms with van der Waals surface area (Å²) in [4.78, 5) is 9.15. The minimum absolute atomic E-state index is 0.308. The molecule has 1 aliphatic heterocycles. The second-order valence-corrected chi connectivity index (χ2v) is 6.24. The zero-order chi connectivity index (χ0) is 13.9. The Kier molecular flexibility index (Phi) is 4.40. The first-order chi connectivity index (χ1) is 9.02. The van der Waals surface area contributed by atoms with E-state index in [-0.39, 0.29) is 0 Å². The number of hydrogen-bond donors (Lipinski definition) is 2. The summed E-state index contributed by atoms with van der Waals surface area (Å²) in [6, 6.07) is 0. The molecule has 0 radical (unpaired) electrons. The van der Waals surface area contributed by atoms with Crippen LogP contribution in [0.4, 0.5) is 5.82 Å². The van der Waals surface area contributed by atoms with Crippen molar-refractivity contribution in [2.24, 2.45) is 5.41 Å². The lowest BCUT2D eigenvalue weighted by atomic mass is 9.88. The molecular formula is C15H26N4. The molecule has 1 aromatic rings. The highest BCUT2D eigenvalue weighted by molar-refractivity contribution is 5.47. The van der Waals surface area contributed by atoms with Crippen molar-refractivity contribution in [2.75, 3.05) is 18.4 Å².